The lowest BCUT2D eigenvalue weighted by Crippen LogP contribution is -2.30. The van der Waals surface area contributed by atoms with Gasteiger partial charge in [0, 0.05) is 12.6 Å². The van der Waals surface area contributed by atoms with Crippen LogP contribution in [0.1, 0.15) is 6.92 Å². The molecule has 0 atom stereocenters. The fourth-order valence-corrected chi connectivity index (χ4v) is 4.70. The SMILES string of the molecule is CCN(c1ccccc1)S(=O)(=O)c1ccc(Cl)c(NC(=O)COc2ccccc2[N+](=O)[O-])c1. The van der Waals surface area contributed by atoms with Crippen molar-refractivity contribution in [3.05, 3.63) is 87.9 Å². The topological polar surface area (TPSA) is 119 Å². The van der Waals surface area contributed by atoms with Gasteiger partial charge < -0.3 is 10.1 Å². The molecule has 33 heavy (non-hydrogen) atoms. The zero-order valence-corrected chi connectivity index (χ0v) is 19.0. The third kappa shape index (κ3) is 5.60. The number of nitro benzene ring substituents is 1. The van der Waals surface area contributed by atoms with Crippen LogP contribution in [0, 0.1) is 10.1 Å². The van der Waals surface area contributed by atoms with E-state index in [0.29, 0.717) is 5.69 Å². The average Bonchev–Trinajstić information content (AvgIpc) is 2.80. The zero-order chi connectivity index (χ0) is 24.0. The van der Waals surface area contributed by atoms with Gasteiger partial charge in [-0.25, -0.2) is 8.42 Å². The molecule has 0 heterocycles. The summed E-state index contributed by atoms with van der Waals surface area (Å²) in [6, 6.07) is 18.2. The van der Waals surface area contributed by atoms with Crippen molar-refractivity contribution in [1.82, 2.24) is 0 Å². The predicted molar refractivity (Wildman–Crippen MR) is 125 cm³/mol. The van der Waals surface area contributed by atoms with E-state index in [1.54, 1.807) is 37.3 Å². The van der Waals surface area contributed by atoms with E-state index in [1.807, 2.05) is 0 Å². The number of halogens is 1. The summed E-state index contributed by atoms with van der Waals surface area (Å²) in [7, 11) is -3.93. The van der Waals surface area contributed by atoms with E-state index in [0.717, 1.165) is 0 Å². The molecule has 0 unspecified atom stereocenters. The van der Waals surface area contributed by atoms with Gasteiger partial charge in [-0.3, -0.25) is 19.2 Å². The molecular weight excluding hydrogens is 470 g/mol. The minimum absolute atomic E-state index is 0.0625. The summed E-state index contributed by atoms with van der Waals surface area (Å²) >= 11 is 6.15. The number of nitro groups is 1. The van der Waals surface area contributed by atoms with Crippen molar-refractivity contribution in [2.24, 2.45) is 0 Å². The number of nitrogens with zero attached hydrogens (tertiary/aromatic N) is 2. The van der Waals surface area contributed by atoms with Crippen molar-refractivity contribution in [2.45, 2.75) is 11.8 Å². The standard InChI is InChI=1S/C22H20ClN3O6S/c1-2-25(16-8-4-3-5-9-16)33(30,31)17-12-13-18(23)19(14-17)24-22(27)15-32-21-11-7-6-10-20(21)26(28)29/h3-14H,2,15H2,1H3,(H,24,27). The van der Waals surface area contributed by atoms with Crippen molar-refractivity contribution in [2.75, 3.05) is 22.8 Å². The lowest BCUT2D eigenvalue weighted by atomic mass is 10.3. The molecule has 0 saturated heterocycles. The third-order valence-corrected chi connectivity index (χ3v) is 6.78. The summed E-state index contributed by atoms with van der Waals surface area (Å²) < 4.78 is 32.9. The minimum atomic E-state index is -3.93. The van der Waals surface area contributed by atoms with E-state index in [-0.39, 0.29) is 33.6 Å². The Hall–Kier alpha value is -3.63. The van der Waals surface area contributed by atoms with Crippen molar-refractivity contribution in [3.63, 3.8) is 0 Å². The van der Waals surface area contributed by atoms with Crippen LogP contribution in [0.25, 0.3) is 0 Å². The zero-order valence-electron chi connectivity index (χ0n) is 17.5. The molecule has 0 aliphatic rings. The second kappa shape index (κ2) is 10.3. The van der Waals surface area contributed by atoms with Gasteiger partial charge in [-0.2, -0.15) is 0 Å². The number of sulfonamides is 1. The van der Waals surface area contributed by atoms with E-state index in [4.69, 9.17) is 16.3 Å². The Morgan fingerprint density at radius 2 is 1.76 bits per heavy atom. The summed E-state index contributed by atoms with van der Waals surface area (Å²) in [5, 5.41) is 13.7. The van der Waals surface area contributed by atoms with Crippen LogP contribution in [-0.4, -0.2) is 32.4 Å². The van der Waals surface area contributed by atoms with Gasteiger partial charge in [0.2, 0.25) is 0 Å². The van der Waals surface area contributed by atoms with Crippen molar-refractivity contribution < 1.29 is 22.9 Å². The van der Waals surface area contributed by atoms with Crippen molar-refractivity contribution in [3.8, 4) is 5.75 Å². The maximum absolute atomic E-state index is 13.2. The molecule has 0 spiro atoms. The molecule has 3 aromatic rings. The Morgan fingerprint density at radius 1 is 1.09 bits per heavy atom. The molecule has 0 aromatic heterocycles. The second-order valence-corrected chi connectivity index (χ2v) is 8.98. The predicted octanol–water partition coefficient (Wildman–Crippen LogP) is 4.48. The molecule has 0 bridgehead atoms. The van der Waals surface area contributed by atoms with Crippen LogP contribution in [-0.2, 0) is 14.8 Å². The molecule has 3 aromatic carbocycles. The van der Waals surface area contributed by atoms with E-state index >= 15 is 0 Å². The second-order valence-electron chi connectivity index (χ2n) is 6.71. The molecule has 11 heteroatoms. The van der Waals surface area contributed by atoms with Gasteiger partial charge in [0.15, 0.2) is 12.4 Å². The number of carbonyl (C=O) groups is 1. The third-order valence-electron chi connectivity index (χ3n) is 4.55. The fourth-order valence-electron chi connectivity index (χ4n) is 3.03. The maximum Gasteiger partial charge on any atom is 0.310 e. The first-order valence-electron chi connectivity index (χ1n) is 9.77. The number of para-hydroxylation sites is 3. The molecule has 0 aliphatic carbocycles. The first kappa shape index (κ1) is 24.0. The molecule has 0 radical (unpaired) electrons. The van der Waals surface area contributed by atoms with Crippen LogP contribution >= 0.6 is 11.6 Å². The molecule has 3 rings (SSSR count). The molecule has 0 saturated carbocycles. The number of ether oxygens (including phenoxy) is 1. The molecule has 0 fully saturated rings. The van der Waals surface area contributed by atoms with Crippen molar-refractivity contribution >= 4 is 44.6 Å². The van der Waals surface area contributed by atoms with Crippen LogP contribution in [0.3, 0.4) is 0 Å². The van der Waals surface area contributed by atoms with Crippen LogP contribution in [0.2, 0.25) is 5.02 Å². The molecule has 1 N–H and O–H groups in total. The quantitative estimate of drug-likeness (QED) is 0.349. The van der Waals surface area contributed by atoms with Crippen molar-refractivity contribution in [1.29, 1.82) is 0 Å². The minimum Gasteiger partial charge on any atom is -0.477 e. The van der Waals surface area contributed by atoms with Gasteiger partial charge in [-0.1, -0.05) is 41.9 Å². The summed E-state index contributed by atoms with van der Waals surface area (Å²) in [6.45, 7) is 1.37. The lowest BCUT2D eigenvalue weighted by molar-refractivity contribution is -0.385. The van der Waals surface area contributed by atoms with Gasteiger partial charge in [-0.15, -0.1) is 0 Å². The Labute approximate surface area is 195 Å². The lowest BCUT2D eigenvalue weighted by Gasteiger charge is -2.23. The summed E-state index contributed by atoms with van der Waals surface area (Å²) in [6.07, 6.45) is 0. The number of hydrogen-bond acceptors (Lipinski definition) is 6. The first-order valence-corrected chi connectivity index (χ1v) is 11.6. The number of amides is 1. The van der Waals surface area contributed by atoms with Crippen LogP contribution in [0.5, 0.6) is 5.75 Å². The molecule has 0 aliphatic heterocycles. The van der Waals surface area contributed by atoms with Gasteiger partial charge in [-0.05, 0) is 43.3 Å². The number of hydrogen-bond donors (Lipinski definition) is 1. The Kier molecular flexibility index (Phi) is 7.52. The fraction of sp³-hybridized carbons (Fsp3) is 0.136. The summed E-state index contributed by atoms with van der Waals surface area (Å²) in [4.78, 5) is 22.7. The highest BCUT2D eigenvalue weighted by atomic mass is 35.5. The highest BCUT2D eigenvalue weighted by Gasteiger charge is 2.25. The van der Waals surface area contributed by atoms with E-state index in [2.05, 4.69) is 5.32 Å². The maximum atomic E-state index is 13.2. The Morgan fingerprint density at radius 3 is 2.42 bits per heavy atom. The number of benzene rings is 3. The van der Waals surface area contributed by atoms with E-state index in [9.17, 15) is 23.3 Å². The number of anilines is 2. The van der Waals surface area contributed by atoms with Crippen LogP contribution in [0.4, 0.5) is 17.1 Å². The van der Waals surface area contributed by atoms with Gasteiger partial charge in [0.25, 0.3) is 15.9 Å². The Balaban J connectivity index is 1.79. The highest BCUT2D eigenvalue weighted by Crippen LogP contribution is 2.30. The Bertz CT molecular complexity index is 1270. The molecule has 1 amide bonds. The number of rotatable bonds is 9. The van der Waals surface area contributed by atoms with Crippen LogP contribution < -0.4 is 14.4 Å². The van der Waals surface area contributed by atoms with Gasteiger partial charge >= 0.3 is 5.69 Å². The van der Waals surface area contributed by atoms with Gasteiger partial charge in [0.05, 0.1) is 26.2 Å². The highest BCUT2D eigenvalue weighted by molar-refractivity contribution is 7.92. The normalized spacial score (nSPS) is 11.0. The monoisotopic (exact) mass is 489 g/mol. The van der Waals surface area contributed by atoms with E-state index < -0.39 is 27.5 Å². The molecule has 172 valence electrons. The van der Waals surface area contributed by atoms with E-state index in [1.165, 1.54) is 46.8 Å². The number of carbonyl (C=O) groups excluding carboxylic acids is 1. The first-order chi connectivity index (χ1) is 15.7. The summed E-state index contributed by atoms with van der Waals surface area (Å²) in [5.74, 6) is -0.735. The number of nitrogens with one attached hydrogen (secondary N) is 1. The average molecular weight is 490 g/mol. The molecular formula is C22H20ClN3O6S. The smallest absolute Gasteiger partial charge is 0.310 e. The summed E-state index contributed by atoms with van der Waals surface area (Å²) in [5.41, 5.74) is 0.286. The largest absolute Gasteiger partial charge is 0.477 e. The molecule has 9 nitrogen and oxygen atoms in total. The van der Waals surface area contributed by atoms with Gasteiger partial charge in [0.1, 0.15) is 0 Å². The van der Waals surface area contributed by atoms with Crippen LogP contribution in [0.15, 0.2) is 77.7 Å².